The van der Waals surface area contributed by atoms with Gasteiger partial charge in [0.15, 0.2) is 0 Å². The normalized spacial score (nSPS) is 9.69. The van der Waals surface area contributed by atoms with E-state index >= 15 is 0 Å². The van der Waals surface area contributed by atoms with Crippen LogP contribution in [-0.2, 0) is 11.3 Å². The standard InChI is InChI=1S/C8H7F2NO2/c9-6-2-1-5(7(10)3-6)4-13-8(11)12/h1-3H,4H2,(H2,11,12). The molecule has 70 valence electrons. The topological polar surface area (TPSA) is 52.3 Å². The summed E-state index contributed by atoms with van der Waals surface area (Å²) < 4.78 is 29.5. The van der Waals surface area contributed by atoms with Crippen molar-refractivity contribution in [2.45, 2.75) is 6.61 Å². The number of carbonyl (C=O) groups is 1. The number of hydrogen-bond donors (Lipinski definition) is 1. The first kappa shape index (κ1) is 9.44. The maximum absolute atomic E-state index is 12.8. The van der Waals surface area contributed by atoms with Crippen LogP contribution < -0.4 is 5.73 Å². The Labute approximate surface area is 73.1 Å². The van der Waals surface area contributed by atoms with Crippen molar-refractivity contribution in [3.8, 4) is 0 Å². The molecule has 0 aromatic heterocycles. The molecule has 0 saturated carbocycles. The summed E-state index contributed by atoms with van der Waals surface area (Å²) in [7, 11) is 0. The van der Waals surface area contributed by atoms with Gasteiger partial charge in [0, 0.05) is 11.6 Å². The van der Waals surface area contributed by atoms with Gasteiger partial charge in [0.25, 0.3) is 0 Å². The number of amides is 1. The van der Waals surface area contributed by atoms with E-state index < -0.39 is 17.7 Å². The Kier molecular flexibility index (Phi) is 2.79. The van der Waals surface area contributed by atoms with Gasteiger partial charge in [-0.25, -0.2) is 13.6 Å². The average molecular weight is 187 g/mol. The van der Waals surface area contributed by atoms with Gasteiger partial charge in [0.2, 0.25) is 0 Å². The predicted octanol–water partition coefficient (Wildman–Crippen LogP) is 1.56. The first-order valence-electron chi connectivity index (χ1n) is 3.46. The molecule has 0 spiro atoms. The Bertz CT molecular complexity index is 328. The molecule has 1 aromatic carbocycles. The minimum atomic E-state index is -0.997. The Balaban J connectivity index is 2.72. The minimum absolute atomic E-state index is 0.0835. The summed E-state index contributed by atoms with van der Waals surface area (Å²) in [6.45, 7) is -0.290. The molecule has 13 heavy (non-hydrogen) atoms. The Morgan fingerprint density at radius 3 is 2.69 bits per heavy atom. The van der Waals surface area contributed by atoms with Gasteiger partial charge in [0.05, 0.1) is 0 Å². The van der Waals surface area contributed by atoms with E-state index in [2.05, 4.69) is 10.5 Å². The van der Waals surface area contributed by atoms with Crippen molar-refractivity contribution in [1.82, 2.24) is 0 Å². The number of hydrogen-bond acceptors (Lipinski definition) is 2. The zero-order valence-electron chi connectivity index (χ0n) is 6.59. The van der Waals surface area contributed by atoms with Gasteiger partial charge in [-0.1, -0.05) is 0 Å². The van der Waals surface area contributed by atoms with Crippen LogP contribution in [0.25, 0.3) is 0 Å². The third-order valence-electron chi connectivity index (χ3n) is 1.39. The van der Waals surface area contributed by atoms with E-state index in [-0.39, 0.29) is 12.2 Å². The molecule has 2 N–H and O–H groups in total. The highest BCUT2D eigenvalue weighted by atomic mass is 19.1. The lowest BCUT2D eigenvalue weighted by Crippen LogP contribution is -2.13. The van der Waals surface area contributed by atoms with Gasteiger partial charge in [0.1, 0.15) is 18.2 Å². The first-order chi connectivity index (χ1) is 6.09. The molecule has 0 unspecified atom stereocenters. The smallest absolute Gasteiger partial charge is 0.404 e. The zero-order valence-corrected chi connectivity index (χ0v) is 6.59. The van der Waals surface area contributed by atoms with Crippen LogP contribution in [0.1, 0.15) is 5.56 Å². The summed E-state index contributed by atoms with van der Waals surface area (Å²) in [5, 5.41) is 0. The number of benzene rings is 1. The molecule has 0 atom stereocenters. The number of primary amides is 1. The minimum Gasteiger partial charge on any atom is -0.445 e. The lowest BCUT2D eigenvalue weighted by molar-refractivity contribution is 0.149. The maximum atomic E-state index is 12.8. The third kappa shape index (κ3) is 2.70. The summed E-state index contributed by atoms with van der Waals surface area (Å²) in [5.74, 6) is -1.44. The van der Waals surface area contributed by atoms with E-state index in [4.69, 9.17) is 0 Å². The van der Waals surface area contributed by atoms with Crippen LogP contribution in [0.5, 0.6) is 0 Å². The van der Waals surface area contributed by atoms with Crippen LogP contribution in [-0.4, -0.2) is 6.09 Å². The molecule has 5 heteroatoms. The highest BCUT2D eigenvalue weighted by Gasteiger charge is 2.04. The van der Waals surface area contributed by atoms with Crippen molar-refractivity contribution in [3.05, 3.63) is 35.4 Å². The Hall–Kier alpha value is -1.65. The summed E-state index contributed by atoms with van der Waals surface area (Å²) in [5.41, 5.74) is 4.75. The van der Waals surface area contributed by atoms with E-state index in [0.717, 1.165) is 6.07 Å². The molecule has 1 rings (SSSR count). The van der Waals surface area contributed by atoms with Crippen LogP contribution in [0.3, 0.4) is 0 Å². The Morgan fingerprint density at radius 1 is 1.46 bits per heavy atom. The van der Waals surface area contributed by atoms with Crippen LogP contribution >= 0.6 is 0 Å². The molecule has 1 amide bonds. The van der Waals surface area contributed by atoms with Gasteiger partial charge in [-0.2, -0.15) is 0 Å². The lowest BCUT2D eigenvalue weighted by Gasteiger charge is -2.02. The van der Waals surface area contributed by atoms with Crippen molar-refractivity contribution in [2.24, 2.45) is 5.73 Å². The molecule has 3 nitrogen and oxygen atoms in total. The number of ether oxygens (including phenoxy) is 1. The second kappa shape index (κ2) is 3.84. The molecule has 0 aliphatic rings. The van der Waals surface area contributed by atoms with Crippen molar-refractivity contribution in [1.29, 1.82) is 0 Å². The van der Waals surface area contributed by atoms with Gasteiger partial charge in [-0.3, -0.25) is 0 Å². The largest absolute Gasteiger partial charge is 0.445 e. The molecule has 0 radical (unpaired) electrons. The molecular weight excluding hydrogens is 180 g/mol. The van der Waals surface area contributed by atoms with E-state index in [1.54, 1.807) is 0 Å². The third-order valence-corrected chi connectivity index (χ3v) is 1.39. The number of halogens is 2. The van der Waals surface area contributed by atoms with Crippen LogP contribution in [0.15, 0.2) is 18.2 Å². The summed E-state index contributed by atoms with van der Waals surface area (Å²) in [6.07, 6.45) is -0.997. The van der Waals surface area contributed by atoms with E-state index in [1.165, 1.54) is 6.07 Å². The van der Waals surface area contributed by atoms with Gasteiger partial charge in [-0.15, -0.1) is 0 Å². The van der Waals surface area contributed by atoms with Crippen LogP contribution in [0.4, 0.5) is 13.6 Å². The SMILES string of the molecule is NC(=O)OCc1ccc(F)cc1F. The number of rotatable bonds is 2. The van der Waals surface area contributed by atoms with Crippen molar-refractivity contribution < 1.29 is 18.3 Å². The predicted molar refractivity (Wildman–Crippen MR) is 40.7 cm³/mol. The van der Waals surface area contributed by atoms with E-state index in [1.807, 2.05) is 0 Å². The summed E-state index contributed by atoms with van der Waals surface area (Å²) in [4.78, 5) is 10.2. The number of carbonyl (C=O) groups excluding carboxylic acids is 1. The molecule has 0 aliphatic heterocycles. The Morgan fingerprint density at radius 2 is 2.15 bits per heavy atom. The molecular formula is C8H7F2NO2. The maximum Gasteiger partial charge on any atom is 0.404 e. The highest BCUT2D eigenvalue weighted by Crippen LogP contribution is 2.10. The molecule has 0 heterocycles. The molecule has 0 bridgehead atoms. The second-order valence-electron chi connectivity index (χ2n) is 2.34. The fraction of sp³-hybridized carbons (Fsp3) is 0.125. The van der Waals surface area contributed by atoms with Gasteiger partial charge in [-0.05, 0) is 12.1 Å². The fourth-order valence-corrected chi connectivity index (χ4v) is 0.788. The highest BCUT2D eigenvalue weighted by molar-refractivity contribution is 5.64. The number of nitrogens with two attached hydrogens (primary N) is 1. The summed E-state index contributed by atoms with van der Waals surface area (Å²) in [6, 6.07) is 2.97. The average Bonchev–Trinajstić information content (AvgIpc) is 2.02. The van der Waals surface area contributed by atoms with E-state index in [0.29, 0.717) is 6.07 Å². The quantitative estimate of drug-likeness (QED) is 0.763. The van der Waals surface area contributed by atoms with Gasteiger partial charge >= 0.3 is 6.09 Å². The second-order valence-corrected chi connectivity index (χ2v) is 2.34. The lowest BCUT2D eigenvalue weighted by atomic mass is 10.2. The molecule has 0 saturated heterocycles. The van der Waals surface area contributed by atoms with Crippen molar-refractivity contribution >= 4 is 6.09 Å². The monoisotopic (exact) mass is 187 g/mol. The molecule has 0 aliphatic carbocycles. The molecule has 0 fully saturated rings. The van der Waals surface area contributed by atoms with E-state index in [9.17, 15) is 13.6 Å². The van der Waals surface area contributed by atoms with Crippen molar-refractivity contribution in [2.75, 3.05) is 0 Å². The first-order valence-corrected chi connectivity index (χ1v) is 3.46. The van der Waals surface area contributed by atoms with Crippen LogP contribution in [0, 0.1) is 11.6 Å². The molecule has 1 aromatic rings. The summed E-state index contributed by atoms with van der Waals surface area (Å²) >= 11 is 0. The fourth-order valence-electron chi connectivity index (χ4n) is 0.788. The zero-order chi connectivity index (χ0) is 9.84. The van der Waals surface area contributed by atoms with Crippen LogP contribution in [0.2, 0.25) is 0 Å². The van der Waals surface area contributed by atoms with Crippen molar-refractivity contribution in [3.63, 3.8) is 0 Å². The van der Waals surface area contributed by atoms with Gasteiger partial charge < -0.3 is 10.5 Å².